The Hall–Kier alpha value is -1.28. The summed E-state index contributed by atoms with van der Waals surface area (Å²) in [5, 5.41) is -0.790. The van der Waals surface area contributed by atoms with Crippen molar-refractivity contribution in [3.63, 3.8) is 0 Å². The average Bonchev–Trinajstić information content (AvgIpc) is 2.37. The van der Waals surface area contributed by atoms with E-state index in [2.05, 4.69) is 0 Å². The lowest BCUT2D eigenvalue weighted by Crippen LogP contribution is -2.38. The van der Waals surface area contributed by atoms with Crippen LogP contribution in [0.4, 0.5) is 13.2 Å². The minimum absolute atomic E-state index is 0.0187. The third-order valence-corrected chi connectivity index (χ3v) is 4.83. The molecule has 4 nitrogen and oxygen atoms in total. The van der Waals surface area contributed by atoms with Crippen LogP contribution in [0.25, 0.3) is 0 Å². The zero-order chi connectivity index (χ0) is 16.3. The van der Waals surface area contributed by atoms with E-state index in [0.717, 1.165) is 0 Å². The molecule has 1 atom stereocenters. The van der Waals surface area contributed by atoms with Crippen molar-refractivity contribution in [2.75, 3.05) is 13.7 Å². The predicted molar refractivity (Wildman–Crippen MR) is 73.8 cm³/mol. The molecule has 0 amide bonds. The van der Waals surface area contributed by atoms with Crippen LogP contribution < -0.4 is 9.46 Å². The molecule has 0 aromatic heterocycles. The van der Waals surface area contributed by atoms with E-state index >= 15 is 0 Å². The molecule has 0 bridgehead atoms. The highest BCUT2D eigenvalue weighted by Crippen LogP contribution is 2.35. The highest BCUT2D eigenvalue weighted by atomic mass is 32.2. The molecular weight excluding hydrogens is 307 g/mol. The summed E-state index contributed by atoms with van der Waals surface area (Å²) in [4.78, 5) is 0. The Morgan fingerprint density at radius 3 is 2.10 bits per heavy atom. The summed E-state index contributed by atoms with van der Waals surface area (Å²) in [6.07, 6.45) is -4.55. The summed E-state index contributed by atoms with van der Waals surface area (Å²) in [6.45, 7) is 2.08. The molecule has 21 heavy (non-hydrogen) atoms. The molecular formula is C13H18F3NO3S. The van der Waals surface area contributed by atoms with Crippen molar-refractivity contribution in [2.24, 2.45) is 0 Å². The summed E-state index contributed by atoms with van der Waals surface area (Å²) in [5.41, 5.74) is -0.0187. The molecule has 0 saturated carbocycles. The molecule has 1 N–H and O–H groups in total. The SMILES string of the molecule is COc1ccc(C(CNS(=O)(=O)C(C)C)C(F)(F)F)cc1. The summed E-state index contributed by atoms with van der Waals surface area (Å²) < 4.78 is 69.4. The Morgan fingerprint density at radius 1 is 1.19 bits per heavy atom. The van der Waals surface area contributed by atoms with Gasteiger partial charge in [0.25, 0.3) is 0 Å². The van der Waals surface area contributed by atoms with Crippen molar-refractivity contribution >= 4 is 10.0 Å². The lowest BCUT2D eigenvalue weighted by atomic mass is 9.99. The number of methoxy groups -OCH3 is 1. The standard InChI is InChI=1S/C13H18F3NO3S/c1-9(2)21(18,19)17-8-12(13(14,15)16)10-4-6-11(20-3)7-5-10/h4-7,9,12,17H,8H2,1-3H3. The number of rotatable bonds is 6. The van der Waals surface area contributed by atoms with Crippen molar-refractivity contribution < 1.29 is 26.3 Å². The predicted octanol–water partition coefficient (Wildman–Crippen LogP) is 2.67. The third kappa shape index (κ3) is 4.89. The number of hydrogen-bond donors (Lipinski definition) is 1. The van der Waals surface area contributed by atoms with Crippen molar-refractivity contribution in [1.29, 1.82) is 0 Å². The van der Waals surface area contributed by atoms with Crippen LogP contribution >= 0.6 is 0 Å². The lowest BCUT2D eigenvalue weighted by Gasteiger charge is -2.22. The van der Waals surface area contributed by atoms with Crippen molar-refractivity contribution in [3.8, 4) is 5.75 Å². The molecule has 0 aliphatic rings. The van der Waals surface area contributed by atoms with Gasteiger partial charge >= 0.3 is 6.18 Å². The molecule has 120 valence electrons. The fourth-order valence-corrected chi connectivity index (χ4v) is 2.36. The topological polar surface area (TPSA) is 55.4 Å². The highest BCUT2D eigenvalue weighted by molar-refractivity contribution is 7.90. The van der Waals surface area contributed by atoms with Gasteiger partial charge in [0.1, 0.15) is 5.75 Å². The largest absolute Gasteiger partial charge is 0.497 e. The Balaban J connectivity index is 2.96. The second-order valence-corrected chi connectivity index (χ2v) is 7.13. The number of hydrogen-bond acceptors (Lipinski definition) is 3. The first-order valence-electron chi connectivity index (χ1n) is 6.27. The first-order chi connectivity index (χ1) is 9.58. The smallest absolute Gasteiger partial charge is 0.396 e. The van der Waals surface area contributed by atoms with Gasteiger partial charge in [0.15, 0.2) is 0 Å². The van der Waals surface area contributed by atoms with Crippen molar-refractivity contribution in [3.05, 3.63) is 29.8 Å². The molecule has 1 aromatic rings. The zero-order valence-corrected chi connectivity index (χ0v) is 12.8. The Bertz CT molecular complexity index is 553. The van der Waals surface area contributed by atoms with Crippen LogP contribution in [0.3, 0.4) is 0 Å². The van der Waals surface area contributed by atoms with Crippen LogP contribution in [0, 0.1) is 0 Å². The minimum Gasteiger partial charge on any atom is -0.497 e. The fraction of sp³-hybridized carbons (Fsp3) is 0.538. The molecule has 0 heterocycles. The molecule has 0 saturated heterocycles. The second kappa shape index (κ2) is 6.65. The number of ether oxygens (including phenoxy) is 1. The number of alkyl halides is 3. The Morgan fingerprint density at radius 2 is 1.71 bits per heavy atom. The van der Waals surface area contributed by atoms with Gasteiger partial charge in [0, 0.05) is 6.54 Å². The van der Waals surface area contributed by atoms with Crippen LogP contribution in [-0.2, 0) is 10.0 Å². The summed E-state index contributed by atoms with van der Waals surface area (Å²) >= 11 is 0. The number of sulfonamides is 1. The summed E-state index contributed by atoms with van der Waals surface area (Å²) in [7, 11) is -2.34. The molecule has 0 fully saturated rings. The number of nitrogens with one attached hydrogen (secondary N) is 1. The van der Waals surface area contributed by atoms with E-state index in [1.165, 1.54) is 45.2 Å². The van der Waals surface area contributed by atoms with Gasteiger partial charge in [0.05, 0.1) is 18.3 Å². The Labute approximate surface area is 122 Å². The van der Waals surface area contributed by atoms with Crippen LogP contribution in [0.5, 0.6) is 5.75 Å². The monoisotopic (exact) mass is 325 g/mol. The van der Waals surface area contributed by atoms with E-state index in [1.54, 1.807) is 0 Å². The normalized spacial score (nSPS) is 14.2. The number of halogens is 3. The van der Waals surface area contributed by atoms with Crippen LogP contribution in [0.1, 0.15) is 25.3 Å². The van der Waals surface area contributed by atoms with E-state index < -0.39 is 33.9 Å². The van der Waals surface area contributed by atoms with Gasteiger partial charge in [-0.2, -0.15) is 13.2 Å². The van der Waals surface area contributed by atoms with E-state index in [-0.39, 0.29) is 5.56 Å². The quantitative estimate of drug-likeness (QED) is 0.875. The van der Waals surface area contributed by atoms with Crippen molar-refractivity contribution in [2.45, 2.75) is 31.2 Å². The van der Waals surface area contributed by atoms with E-state index in [1.807, 2.05) is 4.72 Å². The van der Waals surface area contributed by atoms with E-state index in [9.17, 15) is 21.6 Å². The second-order valence-electron chi connectivity index (χ2n) is 4.81. The molecule has 0 spiro atoms. The van der Waals surface area contributed by atoms with Gasteiger partial charge in [-0.25, -0.2) is 13.1 Å². The molecule has 0 aliphatic heterocycles. The first-order valence-corrected chi connectivity index (χ1v) is 7.81. The molecule has 1 aromatic carbocycles. The maximum absolute atomic E-state index is 13.1. The van der Waals surface area contributed by atoms with Crippen LogP contribution in [-0.4, -0.2) is 33.5 Å². The average molecular weight is 325 g/mol. The van der Waals surface area contributed by atoms with Gasteiger partial charge in [-0.05, 0) is 31.5 Å². The zero-order valence-electron chi connectivity index (χ0n) is 11.9. The van der Waals surface area contributed by atoms with Gasteiger partial charge in [-0.1, -0.05) is 12.1 Å². The molecule has 1 rings (SSSR count). The molecule has 0 aliphatic carbocycles. The lowest BCUT2D eigenvalue weighted by molar-refractivity contribution is -0.148. The minimum atomic E-state index is -4.55. The summed E-state index contributed by atoms with van der Waals surface area (Å²) in [5.74, 6) is -1.47. The summed E-state index contributed by atoms with van der Waals surface area (Å²) in [6, 6.07) is 5.37. The van der Waals surface area contributed by atoms with Gasteiger partial charge in [0.2, 0.25) is 10.0 Å². The maximum Gasteiger partial charge on any atom is 0.396 e. The van der Waals surface area contributed by atoms with Gasteiger partial charge in [-0.3, -0.25) is 0 Å². The maximum atomic E-state index is 13.1. The molecule has 8 heteroatoms. The number of benzene rings is 1. The molecule has 1 unspecified atom stereocenters. The van der Waals surface area contributed by atoms with E-state index in [4.69, 9.17) is 4.74 Å². The van der Waals surface area contributed by atoms with E-state index in [0.29, 0.717) is 5.75 Å². The van der Waals surface area contributed by atoms with Gasteiger partial charge < -0.3 is 4.74 Å². The third-order valence-electron chi connectivity index (χ3n) is 3.02. The first kappa shape index (κ1) is 17.8. The molecule has 0 radical (unpaired) electrons. The fourth-order valence-electron chi connectivity index (χ4n) is 1.62. The van der Waals surface area contributed by atoms with Crippen LogP contribution in [0.15, 0.2) is 24.3 Å². The highest BCUT2D eigenvalue weighted by Gasteiger charge is 2.41. The van der Waals surface area contributed by atoms with Crippen LogP contribution in [0.2, 0.25) is 0 Å². The Kier molecular flexibility index (Phi) is 5.63. The van der Waals surface area contributed by atoms with Gasteiger partial charge in [-0.15, -0.1) is 0 Å². The van der Waals surface area contributed by atoms with Crippen molar-refractivity contribution in [1.82, 2.24) is 4.72 Å².